The van der Waals surface area contributed by atoms with E-state index in [9.17, 15) is 0 Å². The normalized spacial score (nSPS) is 10.8. The molecule has 14 heavy (non-hydrogen) atoms. The maximum atomic E-state index is 5.32. The van der Waals surface area contributed by atoms with Crippen LogP contribution in [0.4, 0.5) is 0 Å². The molecule has 0 atom stereocenters. The van der Waals surface area contributed by atoms with Gasteiger partial charge in [0.05, 0.1) is 0 Å². The van der Waals surface area contributed by atoms with Crippen molar-refractivity contribution in [1.29, 1.82) is 0 Å². The van der Waals surface area contributed by atoms with Crippen molar-refractivity contribution < 1.29 is 0 Å². The zero-order chi connectivity index (χ0) is 11.1. The number of nitrogens with zero attached hydrogens (tertiary/aromatic N) is 1. The minimum atomic E-state index is 0.571. The number of nitrogens with one attached hydrogen (secondary N) is 1. The Labute approximate surface area is 94.1 Å². The molecule has 0 saturated carbocycles. The number of hydrogen-bond donors (Lipinski definition) is 1. The molecule has 0 heterocycles. The molecule has 0 radical (unpaired) electrons. The fourth-order valence-corrected chi connectivity index (χ4v) is 1.65. The van der Waals surface area contributed by atoms with Gasteiger partial charge in [-0.25, -0.2) is 0 Å². The molecule has 0 aliphatic rings. The Kier molecular flexibility index (Phi) is 6.89. The second-order valence-electron chi connectivity index (χ2n) is 4.16. The summed E-state index contributed by atoms with van der Waals surface area (Å²) < 4.78 is 0. The van der Waals surface area contributed by atoms with E-state index in [-0.39, 0.29) is 0 Å². The van der Waals surface area contributed by atoms with Crippen LogP contribution in [0.5, 0.6) is 0 Å². The summed E-state index contributed by atoms with van der Waals surface area (Å²) in [5.74, 6) is 0.642. The average Bonchev–Trinajstić information content (AvgIpc) is 2.15. The Morgan fingerprint density at radius 2 is 1.79 bits per heavy atom. The molecule has 0 rings (SSSR count). The molecule has 0 unspecified atom stereocenters. The van der Waals surface area contributed by atoms with Gasteiger partial charge in [-0.05, 0) is 31.0 Å². The molecule has 0 aromatic heterocycles. The van der Waals surface area contributed by atoms with Crippen molar-refractivity contribution in [3.05, 3.63) is 0 Å². The van der Waals surface area contributed by atoms with Crippen LogP contribution in [0.25, 0.3) is 0 Å². The molecule has 0 fully saturated rings. The van der Waals surface area contributed by atoms with E-state index in [0.717, 1.165) is 24.5 Å². The lowest BCUT2D eigenvalue weighted by Gasteiger charge is -2.29. The van der Waals surface area contributed by atoms with E-state index in [4.69, 9.17) is 12.2 Å². The summed E-state index contributed by atoms with van der Waals surface area (Å²) >= 11 is 5.32. The Bertz CT molecular complexity index is 165. The van der Waals surface area contributed by atoms with Crippen LogP contribution >= 0.6 is 12.2 Å². The molecule has 0 aromatic rings. The second kappa shape index (κ2) is 7.04. The van der Waals surface area contributed by atoms with Gasteiger partial charge in [0.1, 0.15) is 0 Å². The first kappa shape index (κ1) is 13.7. The van der Waals surface area contributed by atoms with Crippen molar-refractivity contribution in [2.75, 3.05) is 13.6 Å². The van der Waals surface area contributed by atoms with Gasteiger partial charge >= 0.3 is 0 Å². The number of thiocarbonyl (C=S) groups is 1. The summed E-state index contributed by atoms with van der Waals surface area (Å²) in [4.78, 5) is 2.18. The maximum Gasteiger partial charge on any atom is 0.168 e. The zero-order valence-electron chi connectivity index (χ0n) is 10.1. The lowest BCUT2D eigenvalue weighted by molar-refractivity contribution is 0.339. The topological polar surface area (TPSA) is 15.3 Å². The summed E-state index contributed by atoms with van der Waals surface area (Å²) in [5, 5.41) is 4.17. The predicted octanol–water partition coefficient (Wildman–Crippen LogP) is 2.64. The molecule has 0 saturated heterocycles. The van der Waals surface area contributed by atoms with Gasteiger partial charge in [-0.3, -0.25) is 0 Å². The monoisotopic (exact) mass is 216 g/mol. The van der Waals surface area contributed by atoms with Crippen LogP contribution in [-0.4, -0.2) is 29.6 Å². The SMILES string of the molecule is CCC(CC)N(C)C(=S)NCC(C)C. The summed E-state index contributed by atoms with van der Waals surface area (Å²) in [6.45, 7) is 9.74. The van der Waals surface area contributed by atoms with Crippen LogP contribution < -0.4 is 5.32 Å². The van der Waals surface area contributed by atoms with Crippen LogP contribution in [0.1, 0.15) is 40.5 Å². The largest absolute Gasteiger partial charge is 0.362 e. The van der Waals surface area contributed by atoms with E-state index in [0.29, 0.717) is 12.0 Å². The Morgan fingerprint density at radius 3 is 2.14 bits per heavy atom. The molecule has 0 aliphatic heterocycles. The molecule has 2 nitrogen and oxygen atoms in total. The fraction of sp³-hybridized carbons (Fsp3) is 0.909. The lowest BCUT2D eigenvalue weighted by atomic mass is 10.1. The van der Waals surface area contributed by atoms with Gasteiger partial charge in [0.2, 0.25) is 0 Å². The quantitative estimate of drug-likeness (QED) is 0.711. The first-order valence-electron chi connectivity index (χ1n) is 5.53. The highest BCUT2D eigenvalue weighted by Gasteiger charge is 2.12. The molecule has 0 amide bonds. The number of hydrogen-bond acceptors (Lipinski definition) is 1. The molecule has 84 valence electrons. The predicted molar refractivity (Wildman–Crippen MR) is 67.6 cm³/mol. The molecule has 3 heteroatoms. The van der Waals surface area contributed by atoms with Gasteiger partial charge in [0, 0.05) is 19.6 Å². The lowest BCUT2D eigenvalue weighted by Crippen LogP contribution is -2.43. The van der Waals surface area contributed by atoms with Crippen molar-refractivity contribution in [2.24, 2.45) is 5.92 Å². The Morgan fingerprint density at radius 1 is 1.29 bits per heavy atom. The van der Waals surface area contributed by atoms with E-state index in [2.05, 4.69) is 45.0 Å². The van der Waals surface area contributed by atoms with Crippen molar-refractivity contribution in [2.45, 2.75) is 46.6 Å². The minimum absolute atomic E-state index is 0.571. The molecular formula is C11H24N2S. The first-order valence-corrected chi connectivity index (χ1v) is 5.94. The van der Waals surface area contributed by atoms with Gasteiger partial charge in [-0.15, -0.1) is 0 Å². The van der Waals surface area contributed by atoms with Gasteiger partial charge < -0.3 is 10.2 Å². The van der Waals surface area contributed by atoms with Crippen LogP contribution in [0.2, 0.25) is 0 Å². The molecule has 0 spiro atoms. The fourth-order valence-electron chi connectivity index (χ4n) is 1.42. The average molecular weight is 216 g/mol. The smallest absolute Gasteiger partial charge is 0.168 e. The Balaban J connectivity index is 3.97. The number of rotatable bonds is 5. The third-order valence-corrected chi connectivity index (χ3v) is 2.90. The molecule has 1 N–H and O–H groups in total. The summed E-state index contributed by atoms with van der Waals surface area (Å²) in [6.07, 6.45) is 2.30. The standard InChI is InChI=1S/C11H24N2S/c1-6-10(7-2)13(5)11(14)12-8-9(3)4/h9-10H,6-8H2,1-5H3,(H,12,14). The van der Waals surface area contributed by atoms with Gasteiger partial charge in [-0.1, -0.05) is 27.7 Å². The zero-order valence-corrected chi connectivity index (χ0v) is 10.9. The van der Waals surface area contributed by atoms with Crippen LogP contribution in [0.3, 0.4) is 0 Å². The summed E-state index contributed by atoms with van der Waals surface area (Å²) in [6, 6.07) is 0.571. The highest BCUT2D eigenvalue weighted by atomic mass is 32.1. The van der Waals surface area contributed by atoms with Gasteiger partial charge in [0.25, 0.3) is 0 Å². The summed E-state index contributed by atoms with van der Waals surface area (Å²) in [7, 11) is 2.08. The van der Waals surface area contributed by atoms with Crippen molar-refractivity contribution in [3.63, 3.8) is 0 Å². The van der Waals surface area contributed by atoms with Crippen LogP contribution in [0.15, 0.2) is 0 Å². The Hall–Kier alpha value is -0.310. The molecule has 0 bridgehead atoms. The van der Waals surface area contributed by atoms with E-state index in [1.165, 1.54) is 0 Å². The van der Waals surface area contributed by atoms with Crippen LogP contribution in [-0.2, 0) is 0 Å². The molecular weight excluding hydrogens is 192 g/mol. The highest BCUT2D eigenvalue weighted by Crippen LogP contribution is 2.06. The second-order valence-corrected chi connectivity index (χ2v) is 4.55. The third-order valence-electron chi connectivity index (χ3n) is 2.47. The van der Waals surface area contributed by atoms with Crippen molar-refractivity contribution in [3.8, 4) is 0 Å². The highest BCUT2D eigenvalue weighted by molar-refractivity contribution is 7.80. The van der Waals surface area contributed by atoms with E-state index in [1.54, 1.807) is 0 Å². The van der Waals surface area contributed by atoms with Gasteiger partial charge in [-0.2, -0.15) is 0 Å². The van der Waals surface area contributed by atoms with E-state index < -0.39 is 0 Å². The third kappa shape index (κ3) is 4.80. The minimum Gasteiger partial charge on any atom is -0.362 e. The first-order chi connectivity index (χ1) is 6.52. The van der Waals surface area contributed by atoms with Crippen molar-refractivity contribution in [1.82, 2.24) is 10.2 Å². The summed E-state index contributed by atoms with van der Waals surface area (Å²) in [5.41, 5.74) is 0. The van der Waals surface area contributed by atoms with Crippen LogP contribution in [0, 0.1) is 5.92 Å². The van der Waals surface area contributed by atoms with Crippen molar-refractivity contribution >= 4 is 17.3 Å². The van der Waals surface area contributed by atoms with E-state index in [1.807, 2.05) is 0 Å². The molecule has 0 aromatic carbocycles. The maximum absolute atomic E-state index is 5.32. The molecule has 0 aliphatic carbocycles. The van der Waals surface area contributed by atoms with E-state index >= 15 is 0 Å². The van der Waals surface area contributed by atoms with Gasteiger partial charge in [0.15, 0.2) is 5.11 Å².